The maximum Gasteiger partial charge on any atom is 0.214 e. The molecule has 0 spiro atoms. The van der Waals surface area contributed by atoms with E-state index in [-0.39, 0.29) is 6.10 Å². The molecule has 17 heavy (non-hydrogen) atoms. The Kier molecular flexibility index (Phi) is 3.27. The van der Waals surface area contributed by atoms with Crippen molar-refractivity contribution in [3.63, 3.8) is 0 Å². The van der Waals surface area contributed by atoms with Crippen molar-refractivity contribution in [1.29, 1.82) is 0 Å². The van der Waals surface area contributed by atoms with Crippen LogP contribution >= 0.6 is 0 Å². The topological polar surface area (TPSA) is 35.0 Å². The second-order valence-electron chi connectivity index (χ2n) is 4.68. The molecule has 2 rings (SSSR count). The smallest absolute Gasteiger partial charge is 0.214 e. The highest BCUT2D eigenvalue weighted by Gasteiger charge is 2.10. The second-order valence-corrected chi connectivity index (χ2v) is 4.68. The van der Waals surface area contributed by atoms with Crippen molar-refractivity contribution in [3.05, 3.63) is 30.1 Å². The molecule has 1 unspecified atom stereocenters. The monoisotopic (exact) mass is 230 g/mol. The van der Waals surface area contributed by atoms with Gasteiger partial charge in [0.25, 0.3) is 0 Å². The number of aryl methyl sites for hydroxylation is 1. The molecule has 2 aromatic heterocycles. The Hall–Kier alpha value is -1.64. The SMILES string of the molecule is Cc1nccc2nc(OC(C)C(C)C)ccc12. The molecule has 0 amide bonds. The van der Waals surface area contributed by atoms with Crippen LogP contribution in [0.1, 0.15) is 26.5 Å². The fourth-order valence-corrected chi connectivity index (χ4v) is 1.57. The van der Waals surface area contributed by atoms with E-state index in [1.807, 2.05) is 25.1 Å². The van der Waals surface area contributed by atoms with E-state index in [1.165, 1.54) is 0 Å². The van der Waals surface area contributed by atoms with E-state index in [1.54, 1.807) is 6.20 Å². The minimum Gasteiger partial charge on any atom is -0.474 e. The van der Waals surface area contributed by atoms with Crippen LogP contribution in [0.25, 0.3) is 10.9 Å². The molecular weight excluding hydrogens is 212 g/mol. The highest BCUT2D eigenvalue weighted by Crippen LogP contribution is 2.20. The van der Waals surface area contributed by atoms with Crippen molar-refractivity contribution in [2.45, 2.75) is 33.8 Å². The lowest BCUT2D eigenvalue weighted by molar-refractivity contribution is 0.164. The van der Waals surface area contributed by atoms with Crippen molar-refractivity contribution in [2.75, 3.05) is 0 Å². The van der Waals surface area contributed by atoms with Gasteiger partial charge in [-0.05, 0) is 31.9 Å². The third-order valence-corrected chi connectivity index (χ3v) is 3.04. The summed E-state index contributed by atoms with van der Waals surface area (Å²) in [6.45, 7) is 8.33. The first-order valence-electron chi connectivity index (χ1n) is 5.97. The van der Waals surface area contributed by atoms with Gasteiger partial charge in [0, 0.05) is 23.3 Å². The van der Waals surface area contributed by atoms with E-state index in [0.29, 0.717) is 11.8 Å². The zero-order valence-electron chi connectivity index (χ0n) is 10.8. The normalized spacial score (nSPS) is 13.0. The van der Waals surface area contributed by atoms with Crippen molar-refractivity contribution in [3.8, 4) is 5.88 Å². The predicted octanol–water partition coefficient (Wildman–Crippen LogP) is 3.36. The van der Waals surface area contributed by atoms with E-state index in [4.69, 9.17) is 4.74 Å². The first-order valence-corrected chi connectivity index (χ1v) is 5.97. The number of ether oxygens (including phenoxy) is 1. The van der Waals surface area contributed by atoms with Gasteiger partial charge in [0.05, 0.1) is 11.6 Å². The Morgan fingerprint density at radius 1 is 1.12 bits per heavy atom. The number of hydrogen-bond acceptors (Lipinski definition) is 3. The Labute approximate surface area is 102 Å². The highest BCUT2D eigenvalue weighted by atomic mass is 16.5. The van der Waals surface area contributed by atoms with Crippen molar-refractivity contribution in [2.24, 2.45) is 5.92 Å². The molecule has 0 fully saturated rings. The molecule has 0 radical (unpaired) electrons. The van der Waals surface area contributed by atoms with Crippen molar-refractivity contribution < 1.29 is 4.74 Å². The van der Waals surface area contributed by atoms with E-state index in [9.17, 15) is 0 Å². The van der Waals surface area contributed by atoms with Gasteiger partial charge in [-0.15, -0.1) is 0 Å². The summed E-state index contributed by atoms with van der Waals surface area (Å²) in [4.78, 5) is 8.74. The zero-order valence-corrected chi connectivity index (χ0v) is 10.8. The fraction of sp³-hybridized carbons (Fsp3) is 0.429. The summed E-state index contributed by atoms with van der Waals surface area (Å²) in [5, 5.41) is 1.08. The molecule has 0 aliphatic heterocycles. The van der Waals surface area contributed by atoms with Crippen molar-refractivity contribution >= 4 is 10.9 Å². The van der Waals surface area contributed by atoms with Crippen LogP contribution in [0.15, 0.2) is 24.4 Å². The lowest BCUT2D eigenvalue weighted by Gasteiger charge is -2.17. The van der Waals surface area contributed by atoms with Gasteiger partial charge in [-0.3, -0.25) is 4.98 Å². The number of nitrogens with zero attached hydrogens (tertiary/aromatic N) is 2. The number of fused-ring (bicyclic) bond motifs is 1. The molecule has 0 N–H and O–H groups in total. The molecule has 0 aliphatic rings. The molecule has 90 valence electrons. The number of hydrogen-bond donors (Lipinski definition) is 0. The van der Waals surface area contributed by atoms with E-state index in [2.05, 4.69) is 30.7 Å². The minimum atomic E-state index is 0.169. The van der Waals surface area contributed by atoms with Crippen LogP contribution in [0.4, 0.5) is 0 Å². The summed E-state index contributed by atoms with van der Waals surface area (Å²) in [5.74, 6) is 1.16. The Morgan fingerprint density at radius 3 is 2.59 bits per heavy atom. The van der Waals surface area contributed by atoms with E-state index < -0.39 is 0 Å². The molecule has 2 heterocycles. The maximum absolute atomic E-state index is 5.79. The quantitative estimate of drug-likeness (QED) is 0.811. The summed E-state index contributed by atoms with van der Waals surface area (Å²) in [6.07, 6.45) is 1.95. The van der Waals surface area contributed by atoms with Crippen LogP contribution in [0, 0.1) is 12.8 Å². The summed E-state index contributed by atoms with van der Waals surface area (Å²) < 4.78 is 5.79. The molecule has 0 aliphatic carbocycles. The summed E-state index contributed by atoms with van der Waals surface area (Å²) >= 11 is 0. The van der Waals surface area contributed by atoms with Gasteiger partial charge in [-0.2, -0.15) is 0 Å². The lowest BCUT2D eigenvalue weighted by Crippen LogP contribution is -2.19. The van der Waals surface area contributed by atoms with Crippen LogP contribution in [0.2, 0.25) is 0 Å². The summed E-state index contributed by atoms with van der Waals surface area (Å²) in [5.41, 5.74) is 1.93. The third-order valence-electron chi connectivity index (χ3n) is 3.04. The summed E-state index contributed by atoms with van der Waals surface area (Å²) in [6, 6.07) is 5.85. The van der Waals surface area contributed by atoms with Gasteiger partial charge >= 0.3 is 0 Å². The molecule has 0 bridgehead atoms. The van der Waals surface area contributed by atoms with E-state index >= 15 is 0 Å². The number of pyridine rings is 2. The van der Waals surface area contributed by atoms with Gasteiger partial charge in [0.15, 0.2) is 0 Å². The molecular formula is C14H18N2O. The largest absolute Gasteiger partial charge is 0.474 e. The predicted molar refractivity (Wildman–Crippen MR) is 69.2 cm³/mol. The molecule has 2 aromatic rings. The highest BCUT2D eigenvalue weighted by molar-refractivity contribution is 5.80. The molecule has 0 saturated heterocycles. The van der Waals surface area contributed by atoms with E-state index in [0.717, 1.165) is 16.6 Å². The number of rotatable bonds is 3. The average molecular weight is 230 g/mol. The van der Waals surface area contributed by atoms with Gasteiger partial charge in [-0.25, -0.2) is 4.98 Å². The third kappa shape index (κ3) is 2.54. The Morgan fingerprint density at radius 2 is 1.88 bits per heavy atom. The van der Waals surface area contributed by atoms with Gasteiger partial charge in [-0.1, -0.05) is 13.8 Å². The zero-order chi connectivity index (χ0) is 12.4. The van der Waals surface area contributed by atoms with Gasteiger partial charge in [0.1, 0.15) is 0 Å². The molecule has 1 atom stereocenters. The van der Waals surface area contributed by atoms with Crippen molar-refractivity contribution in [1.82, 2.24) is 9.97 Å². The van der Waals surface area contributed by atoms with Gasteiger partial charge in [0.2, 0.25) is 5.88 Å². The maximum atomic E-state index is 5.79. The molecule has 3 heteroatoms. The molecule has 3 nitrogen and oxygen atoms in total. The second kappa shape index (κ2) is 4.70. The van der Waals surface area contributed by atoms with Crippen LogP contribution in [-0.2, 0) is 0 Å². The Balaban J connectivity index is 2.32. The van der Waals surface area contributed by atoms with Crippen LogP contribution in [0.3, 0.4) is 0 Å². The minimum absolute atomic E-state index is 0.169. The van der Waals surface area contributed by atoms with Crippen LogP contribution < -0.4 is 4.74 Å². The van der Waals surface area contributed by atoms with Crippen LogP contribution in [0.5, 0.6) is 5.88 Å². The van der Waals surface area contributed by atoms with Gasteiger partial charge < -0.3 is 4.74 Å². The molecule has 0 aromatic carbocycles. The standard InChI is InChI=1S/C14H18N2O/c1-9(2)11(4)17-14-6-5-12-10(3)15-8-7-13(12)16-14/h5-9,11H,1-4H3. The fourth-order valence-electron chi connectivity index (χ4n) is 1.57. The number of aromatic nitrogens is 2. The van der Waals surface area contributed by atoms with Crippen LogP contribution in [-0.4, -0.2) is 16.1 Å². The Bertz CT molecular complexity index is 523. The average Bonchev–Trinajstić information content (AvgIpc) is 2.29. The summed E-state index contributed by atoms with van der Waals surface area (Å²) in [7, 11) is 0. The first kappa shape index (κ1) is 11.8. The first-order chi connectivity index (χ1) is 8.08. The molecule has 0 saturated carbocycles. The lowest BCUT2D eigenvalue weighted by atomic mass is 10.1.